The van der Waals surface area contributed by atoms with Crippen LogP contribution in [0.25, 0.3) is 10.9 Å². The lowest BCUT2D eigenvalue weighted by atomic mass is 10.0. The minimum atomic E-state index is 0.196. The number of phenols is 1. The smallest absolute Gasteiger partial charge is 0.231 e. The minimum absolute atomic E-state index is 0.196. The van der Waals surface area contributed by atoms with Crippen molar-refractivity contribution in [2.75, 3.05) is 32.3 Å². The Morgan fingerprint density at radius 3 is 2.74 bits per heavy atom. The summed E-state index contributed by atoms with van der Waals surface area (Å²) in [5.41, 5.74) is 5.26. The molecule has 3 aromatic carbocycles. The fourth-order valence-electron chi connectivity index (χ4n) is 4.28. The van der Waals surface area contributed by atoms with Crippen LogP contribution in [0.1, 0.15) is 23.1 Å². The molecule has 1 aliphatic heterocycles. The number of para-hydroxylation sites is 1. The fourth-order valence-corrected chi connectivity index (χ4v) is 4.28. The fraction of sp³-hybridized carbons (Fsp3) is 0.250. The molecule has 2 heterocycles. The molecule has 0 spiro atoms. The minimum Gasteiger partial charge on any atom is -0.504 e. The maximum atomic E-state index is 10.2. The monoisotopic (exact) mass is 471 g/mol. The Balaban J connectivity index is 1.14. The van der Waals surface area contributed by atoms with Crippen molar-refractivity contribution in [3.05, 3.63) is 83.6 Å². The van der Waals surface area contributed by atoms with Crippen molar-refractivity contribution in [2.24, 2.45) is 0 Å². The van der Waals surface area contributed by atoms with Crippen LogP contribution in [0.5, 0.6) is 23.0 Å². The zero-order valence-corrected chi connectivity index (χ0v) is 19.7. The van der Waals surface area contributed by atoms with Crippen LogP contribution in [0, 0.1) is 0 Å². The summed E-state index contributed by atoms with van der Waals surface area (Å²) < 4.78 is 16.1. The topological polar surface area (TPSA) is 84.9 Å². The molecule has 7 heteroatoms. The molecular weight excluding hydrogens is 442 g/mol. The quantitative estimate of drug-likeness (QED) is 0.285. The second-order valence-electron chi connectivity index (χ2n) is 8.50. The molecule has 7 nitrogen and oxygen atoms in total. The van der Waals surface area contributed by atoms with Crippen LogP contribution in [0.4, 0.5) is 5.69 Å². The van der Waals surface area contributed by atoms with Crippen LogP contribution >= 0.6 is 0 Å². The van der Waals surface area contributed by atoms with Crippen molar-refractivity contribution in [1.82, 2.24) is 10.3 Å². The van der Waals surface area contributed by atoms with Crippen LogP contribution in [0.2, 0.25) is 0 Å². The van der Waals surface area contributed by atoms with Gasteiger partial charge in [0.2, 0.25) is 6.79 Å². The van der Waals surface area contributed by atoms with E-state index in [0.29, 0.717) is 12.3 Å². The summed E-state index contributed by atoms with van der Waals surface area (Å²) in [6, 6.07) is 20.1. The highest BCUT2D eigenvalue weighted by Gasteiger charge is 2.13. The predicted octanol–water partition coefficient (Wildman–Crippen LogP) is 4.86. The molecule has 0 aliphatic carbocycles. The number of hydrogen-bond acceptors (Lipinski definition) is 7. The lowest BCUT2D eigenvalue weighted by molar-refractivity contribution is 0.174. The zero-order valence-electron chi connectivity index (χ0n) is 19.7. The zero-order chi connectivity index (χ0) is 24.0. The van der Waals surface area contributed by atoms with Crippen LogP contribution < -0.4 is 24.8 Å². The van der Waals surface area contributed by atoms with E-state index in [1.54, 1.807) is 13.2 Å². The van der Waals surface area contributed by atoms with Gasteiger partial charge in [-0.3, -0.25) is 4.98 Å². The summed E-state index contributed by atoms with van der Waals surface area (Å²) in [7, 11) is 1.56. The Hall–Kier alpha value is -3.97. The number of benzene rings is 3. The van der Waals surface area contributed by atoms with Crippen LogP contribution in [-0.4, -0.2) is 37.1 Å². The first kappa shape index (κ1) is 22.8. The van der Waals surface area contributed by atoms with Crippen molar-refractivity contribution < 1.29 is 19.3 Å². The molecule has 5 rings (SSSR count). The molecule has 0 saturated heterocycles. The number of methoxy groups -OCH3 is 1. The van der Waals surface area contributed by atoms with Gasteiger partial charge in [-0.05, 0) is 60.8 Å². The SMILES string of the molecule is COc1cccc(CNCCCNc2ccnc3cc(Cc4ccc5c(c4)OCO5)ccc23)c1O. The third-order valence-corrected chi connectivity index (χ3v) is 6.12. The largest absolute Gasteiger partial charge is 0.504 e. The number of nitrogens with one attached hydrogen (secondary N) is 2. The van der Waals surface area contributed by atoms with E-state index in [0.717, 1.165) is 59.6 Å². The number of ether oxygens (including phenoxy) is 3. The summed E-state index contributed by atoms with van der Waals surface area (Å²) in [6.07, 6.45) is 3.59. The summed E-state index contributed by atoms with van der Waals surface area (Å²) in [4.78, 5) is 4.58. The number of pyridine rings is 1. The summed E-state index contributed by atoms with van der Waals surface area (Å²) in [5.74, 6) is 2.30. The van der Waals surface area contributed by atoms with Gasteiger partial charge in [-0.15, -0.1) is 0 Å². The first-order chi connectivity index (χ1) is 17.2. The predicted molar refractivity (Wildman–Crippen MR) is 137 cm³/mol. The number of rotatable bonds is 10. The van der Waals surface area contributed by atoms with Crippen LogP contribution in [0.15, 0.2) is 66.9 Å². The van der Waals surface area contributed by atoms with E-state index in [2.05, 4.69) is 39.9 Å². The second-order valence-corrected chi connectivity index (χ2v) is 8.50. The van der Waals surface area contributed by atoms with E-state index < -0.39 is 0 Å². The van der Waals surface area contributed by atoms with Crippen molar-refractivity contribution >= 4 is 16.6 Å². The Kier molecular flexibility index (Phi) is 6.86. The number of aromatic nitrogens is 1. The molecule has 0 unspecified atom stereocenters. The Morgan fingerprint density at radius 1 is 0.971 bits per heavy atom. The van der Waals surface area contributed by atoms with Gasteiger partial charge in [-0.2, -0.15) is 0 Å². The normalized spacial score (nSPS) is 12.1. The third-order valence-electron chi connectivity index (χ3n) is 6.12. The Bertz CT molecular complexity index is 1330. The van der Waals surface area contributed by atoms with E-state index in [4.69, 9.17) is 14.2 Å². The highest BCUT2D eigenvalue weighted by molar-refractivity contribution is 5.91. The van der Waals surface area contributed by atoms with Gasteiger partial charge in [0.05, 0.1) is 12.6 Å². The molecule has 0 bridgehead atoms. The first-order valence-corrected chi connectivity index (χ1v) is 11.8. The number of anilines is 1. The van der Waals surface area contributed by atoms with Crippen molar-refractivity contribution in [2.45, 2.75) is 19.4 Å². The summed E-state index contributed by atoms with van der Waals surface area (Å²) in [5, 5.41) is 18.2. The molecule has 35 heavy (non-hydrogen) atoms. The average molecular weight is 472 g/mol. The van der Waals surface area contributed by atoms with Gasteiger partial charge >= 0.3 is 0 Å². The van der Waals surface area contributed by atoms with E-state index in [1.165, 1.54) is 11.1 Å². The molecule has 180 valence electrons. The first-order valence-electron chi connectivity index (χ1n) is 11.8. The summed E-state index contributed by atoms with van der Waals surface area (Å²) >= 11 is 0. The van der Waals surface area contributed by atoms with Gasteiger partial charge in [-0.1, -0.05) is 30.3 Å². The number of phenolic OH excluding ortho intramolecular Hbond substituents is 1. The molecule has 1 aromatic heterocycles. The molecular formula is C28H29N3O4. The molecule has 0 atom stereocenters. The average Bonchev–Trinajstić information content (AvgIpc) is 3.35. The lowest BCUT2D eigenvalue weighted by Crippen LogP contribution is -2.17. The van der Waals surface area contributed by atoms with Crippen LogP contribution in [-0.2, 0) is 13.0 Å². The third kappa shape index (κ3) is 5.25. The van der Waals surface area contributed by atoms with Crippen molar-refractivity contribution in [3.63, 3.8) is 0 Å². The summed E-state index contributed by atoms with van der Waals surface area (Å²) in [6.45, 7) is 2.53. The van der Waals surface area contributed by atoms with Gasteiger partial charge in [0.15, 0.2) is 23.0 Å². The van der Waals surface area contributed by atoms with Gasteiger partial charge in [-0.25, -0.2) is 0 Å². The van der Waals surface area contributed by atoms with E-state index in [1.807, 2.05) is 36.5 Å². The maximum absolute atomic E-state index is 10.2. The Morgan fingerprint density at radius 2 is 1.83 bits per heavy atom. The molecule has 0 amide bonds. The van der Waals surface area contributed by atoms with E-state index in [-0.39, 0.29) is 12.5 Å². The molecule has 4 aromatic rings. The van der Waals surface area contributed by atoms with Crippen LogP contribution in [0.3, 0.4) is 0 Å². The van der Waals surface area contributed by atoms with Gasteiger partial charge < -0.3 is 30.0 Å². The number of hydrogen-bond donors (Lipinski definition) is 3. The standard InChI is InChI=1S/C28H29N3O4/c1-33-26-5-2-4-21(28(26)32)17-29-11-3-12-30-23-10-13-31-24-15-19(6-8-22(23)24)14-20-7-9-25-27(16-20)35-18-34-25/h2,4-10,13,15-16,29,32H,3,11-12,14,17-18H2,1H3,(H,30,31). The Labute approximate surface area is 204 Å². The number of aromatic hydroxyl groups is 1. The van der Waals surface area contributed by atoms with Gasteiger partial charge in [0.25, 0.3) is 0 Å². The molecule has 0 fully saturated rings. The molecule has 0 saturated carbocycles. The van der Waals surface area contributed by atoms with Gasteiger partial charge in [0, 0.05) is 35.9 Å². The molecule has 0 radical (unpaired) electrons. The number of fused-ring (bicyclic) bond motifs is 2. The highest BCUT2D eigenvalue weighted by atomic mass is 16.7. The lowest BCUT2D eigenvalue weighted by Gasteiger charge is -2.12. The maximum Gasteiger partial charge on any atom is 0.231 e. The second kappa shape index (κ2) is 10.5. The van der Waals surface area contributed by atoms with Gasteiger partial charge in [0.1, 0.15) is 0 Å². The van der Waals surface area contributed by atoms with Crippen molar-refractivity contribution in [1.29, 1.82) is 0 Å². The van der Waals surface area contributed by atoms with E-state index in [9.17, 15) is 5.11 Å². The molecule has 3 N–H and O–H groups in total. The van der Waals surface area contributed by atoms with Crippen molar-refractivity contribution in [3.8, 4) is 23.0 Å². The van der Waals surface area contributed by atoms with E-state index >= 15 is 0 Å². The number of nitrogens with zero attached hydrogens (tertiary/aromatic N) is 1. The highest BCUT2D eigenvalue weighted by Crippen LogP contribution is 2.33. The molecule has 1 aliphatic rings.